The fourth-order valence-electron chi connectivity index (χ4n) is 1.11. The Hall–Kier alpha value is -1.20. The molecule has 121 valence electrons. The van der Waals surface area contributed by atoms with Gasteiger partial charge in [0.1, 0.15) is 6.04 Å². The van der Waals surface area contributed by atoms with E-state index in [4.69, 9.17) is 0 Å². The van der Waals surface area contributed by atoms with Gasteiger partial charge in [-0.3, -0.25) is 19.2 Å². The summed E-state index contributed by atoms with van der Waals surface area (Å²) in [6, 6.07) is -0.795. The summed E-state index contributed by atoms with van der Waals surface area (Å²) < 4.78 is 0. The van der Waals surface area contributed by atoms with Gasteiger partial charge >= 0.3 is 23.9 Å². The van der Waals surface area contributed by atoms with Crippen molar-refractivity contribution >= 4 is 53.4 Å². The van der Waals surface area contributed by atoms with Crippen LogP contribution in [0.1, 0.15) is 34.6 Å². The molecule has 1 atom stereocenters. The van der Waals surface area contributed by atoms with E-state index < -0.39 is 29.9 Å². The predicted molar refractivity (Wildman–Crippen MR) is 70.8 cm³/mol. The van der Waals surface area contributed by atoms with Gasteiger partial charge in [-0.25, -0.2) is 0 Å². The summed E-state index contributed by atoms with van der Waals surface area (Å²) in [5.41, 5.74) is 0. The summed E-state index contributed by atoms with van der Waals surface area (Å²) in [7, 11) is 0. The third kappa shape index (κ3) is 11.5. The first kappa shape index (κ1) is 23.1. The Morgan fingerprint density at radius 1 is 0.773 bits per heavy atom. The van der Waals surface area contributed by atoms with Crippen LogP contribution in [0, 0.1) is 0 Å². The largest absolute Gasteiger partial charge is 0.333 e. The van der Waals surface area contributed by atoms with Gasteiger partial charge in [-0.05, 0) is 6.92 Å². The molecule has 0 heterocycles. The van der Waals surface area contributed by atoms with Gasteiger partial charge in [0.05, 0.1) is 6.54 Å². The molecule has 0 N–H and O–H groups in total. The summed E-state index contributed by atoms with van der Waals surface area (Å²) in [5.74, 6) is -2.91. The van der Waals surface area contributed by atoms with E-state index in [0.29, 0.717) is 10.5 Å². The number of hydrogen-bond donors (Lipinski definition) is 0. The molecule has 22 heavy (non-hydrogen) atoms. The van der Waals surface area contributed by atoms with Crippen LogP contribution in [-0.4, -0.2) is 76.5 Å². The molecule has 0 amide bonds. The zero-order chi connectivity index (χ0) is 16.6. The van der Waals surface area contributed by atoms with E-state index in [9.17, 15) is 19.2 Å². The Bertz CT molecular complexity index is 385. The van der Waals surface area contributed by atoms with Crippen LogP contribution < -0.4 is 0 Å². The first-order valence-corrected chi connectivity index (χ1v) is 5.92. The van der Waals surface area contributed by atoms with Gasteiger partial charge in [0.25, 0.3) is 0 Å². The van der Waals surface area contributed by atoms with E-state index in [1.807, 2.05) is 0 Å². The van der Waals surface area contributed by atoms with Crippen LogP contribution in [0.25, 0.3) is 0 Å². The zero-order valence-corrected chi connectivity index (χ0v) is 15.4. The van der Waals surface area contributed by atoms with E-state index in [1.165, 1.54) is 6.92 Å². The molecule has 0 aromatic rings. The molecular formula is C11H18N2NaO8. The third-order valence-electron chi connectivity index (χ3n) is 1.67. The molecule has 1 radical (unpaired) electrons. The number of carbonyl (C=O) groups excluding carboxylic acids is 4. The molecule has 0 aromatic heterocycles. The molecule has 0 fully saturated rings. The van der Waals surface area contributed by atoms with E-state index in [-0.39, 0.29) is 36.1 Å². The topological polar surface area (TPSA) is 112 Å². The number of hydroxylamine groups is 4. The molecule has 0 saturated heterocycles. The number of carbonyl (C=O) groups is 4. The van der Waals surface area contributed by atoms with Gasteiger partial charge in [0.2, 0.25) is 0 Å². The Labute approximate surface area is 149 Å². The quantitative estimate of drug-likeness (QED) is 0.448. The summed E-state index contributed by atoms with van der Waals surface area (Å²) in [6.07, 6.45) is 0. The maximum absolute atomic E-state index is 10.9. The first-order chi connectivity index (χ1) is 9.61. The van der Waals surface area contributed by atoms with Crippen molar-refractivity contribution in [2.45, 2.75) is 40.7 Å². The van der Waals surface area contributed by atoms with Crippen molar-refractivity contribution in [1.82, 2.24) is 10.5 Å². The average molecular weight is 329 g/mol. The SMILES string of the molecule is CC(=O)ON(CC(C)N(OC(C)=O)OC(C)=O)OC(C)=O.[Na]. The van der Waals surface area contributed by atoms with Crippen LogP contribution in [0.4, 0.5) is 0 Å². The van der Waals surface area contributed by atoms with Gasteiger partial charge in [-0.2, -0.15) is 0 Å². The van der Waals surface area contributed by atoms with Gasteiger partial charge < -0.3 is 19.4 Å². The fraction of sp³-hybridized carbons (Fsp3) is 0.636. The average Bonchev–Trinajstić information content (AvgIpc) is 2.24. The molecule has 0 aromatic carbocycles. The zero-order valence-electron chi connectivity index (χ0n) is 13.4. The van der Waals surface area contributed by atoms with E-state index in [0.717, 1.165) is 27.7 Å². The van der Waals surface area contributed by atoms with Crippen molar-refractivity contribution in [3.05, 3.63) is 0 Å². The van der Waals surface area contributed by atoms with Crippen molar-refractivity contribution in [3.8, 4) is 0 Å². The third-order valence-corrected chi connectivity index (χ3v) is 1.67. The molecule has 0 aliphatic heterocycles. The molecule has 0 spiro atoms. The maximum atomic E-state index is 10.9. The van der Waals surface area contributed by atoms with Crippen molar-refractivity contribution in [2.24, 2.45) is 0 Å². The molecule has 10 nitrogen and oxygen atoms in total. The van der Waals surface area contributed by atoms with Crippen molar-refractivity contribution in [3.63, 3.8) is 0 Å². The summed E-state index contributed by atoms with van der Waals surface area (Å²) >= 11 is 0. The van der Waals surface area contributed by atoms with Crippen LogP contribution in [0.3, 0.4) is 0 Å². The van der Waals surface area contributed by atoms with Gasteiger partial charge in [0, 0.05) is 67.7 Å². The molecular weight excluding hydrogens is 311 g/mol. The predicted octanol–water partition coefficient (Wildman–Crippen LogP) is -0.489. The number of rotatable bonds is 7. The van der Waals surface area contributed by atoms with E-state index >= 15 is 0 Å². The van der Waals surface area contributed by atoms with Crippen LogP contribution in [-0.2, 0) is 38.5 Å². The minimum absolute atomic E-state index is 0. The van der Waals surface area contributed by atoms with Crippen LogP contribution in [0.15, 0.2) is 0 Å². The normalized spacial score (nSPS) is 11.2. The molecule has 0 rings (SSSR count). The second-order valence-electron chi connectivity index (χ2n) is 3.98. The van der Waals surface area contributed by atoms with Gasteiger partial charge in [-0.1, -0.05) is 0 Å². The second kappa shape index (κ2) is 11.4. The Morgan fingerprint density at radius 2 is 1.09 bits per heavy atom. The number of nitrogens with zero attached hydrogens (tertiary/aromatic N) is 2. The minimum Gasteiger partial charge on any atom is -0.333 e. The monoisotopic (exact) mass is 329 g/mol. The Morgan fingerprint density at radius 3 is 1.36 bits per heavy atom. The summed E-state index contributed by atoms with van der Waals surface area (Å²) in [6.45, 7) is 5.68. The van der Waals surface area contributed by atoms with Crippen LogP contribution in [0.5, 0.6) is 0 Å². The molecule has 0 bridgehead atoms. The van der Waals surface area contributed by atoms with Gasteiger partial charge in [-0.15, -0.1) is 0 Å². The van der Waals surface area contributed by atoms with E-state index in [2.05, 4.69) is 19.4 Å². The van der Waals surface area contributed by atoms with Crippen molar-refractivity contribution < 1.29 is 38.5 Å². The Balaban J connectivity index is 0. The first-order valence-electron chi connectivity index (χ1n) is 5.92. The molecule has 1 unspecified atom stereocenters. The molecule has 0 aliphatic rings. The second-order valence-corrected chi connectivity index (χ2v) is 3.98. The minimum atomic E-state index is -0.795. The summed E-state index contributed by atoms with van der Waals surface area (Å²) in [5, 5.41) is 1.21. The maximum Gasteiger partial charge on any atom is 0.326 e. The smallest absolute Gasteiger partial charge is 0.326 e. The standard InChI is InChI=1S/C11H18N2O8.Na/c1-7(13(20-10(4)16)21-11(5)17)6-12(18-8(2)14)19-9(3)15;/h7H,6H2,1-5H3;. The van der Waals surface area contributed by atoms with Crippen LogP contribution >= 0.6 is 0 Å². The van der Waals surface area contributed by atoms with Crippen LogP contribution in [0.2, 0.25) is 0 Å². The summed E-state index contributed by atoms with van der Waals surface area (Å²) in [4.78, 5) is 62.3. The van der Waals surface area contributed by atoms with Crippen molar-refractivity contribution in [1.29, 1.82) is 0 Å². The van der Waals surface area contributed by atoms with Gasteiger partial charge in [0.15, 0.2) is 0 Å². The Kier molecular flexibility index (Phi) is 11.9. The van der Waals surface area contributed by atoms with Crippen molar-refractivity contribution in [2.75, 3.05) is 6.54 Å². The van der Waals surface area contributed by atoms with E-state index in [1.54, 1.807) is 0 Å². The number of hydrogen-bond acceptors (Lipinski definition) is 10. The fourth-order valence-corrected chi connectivity index (χ4v) is 1.11. The molecule has 11 heteroatoms. The molecule has 0 aliphatic carbocycles. The molecule has 0 saturated carbocycles.